The summed E-state index contributed by atoms with van der Waals surface area (Å²) in [6, 6.07) is 0. The molecule has 2 aromatic heterocycles. The van der Waals surface area contributed by atoms with E-state index in [4.69, 9.17) is 10.8 Å². The number of hydrogen-bond acceptors (Lipinski definition) is 4. The number of aryl methyl sites for hydroxylation is 1. The normalized spacial score (nSPS) is 20.6. The lowest BCUT2D eigenvalue weighted by Gasteiger charge is -2.21. The molecule has 0 aromatic carbocycles. The summed E-state index contributed by atoms with van der Waals surface area (Å²) in [7, 11) is 1.88. The van der Waals surface area contributed by atoms with Crippen LogP contribution in [0.1, 0.15) is 49.8 Å². The molecule has 142 valence electrons. The molecule has 7 nitrogen and oxygen atoms in total. The molecule has 0 bridgehead atoms. The molecule has 2 heterocycles. The molecule has 0 radical (unpaired) electrons. The molecule has 0 atom stereocenters. The molecule has 7 heteroatoms. The van der Waals surface area contributed by atoms with Crippen molar-refractivity contribution >= 4 is 5.84 Å². The summed E-state index contributed by atoms with van der Waals surface area (Å²) in [4.78, 5) is 13.0. The van der Waals surface area contributed by atoms with E-state index in [0.717, 1.165) is 36.9 Å². The van der Waals surface area contributed by atoms with Gasteiger partial charge in [0.15, 0.2) is 5.49 Å². The van der Waals surface area contributed by atoms with Crippen molar-refractivity contribution in [2.24, 2.45) is 24.3 Å². The minimum atomic E-state index is -0.264. The first-order valence-corrected chi connectivity index (χ1v) is 9.95. The molecule has 2 N–H and O–H groups in total. The number of nitrogens with one attached hydrogen (secondary N) is 2. The zero-order chi connectivity index (χ0) is 18.8. The molecule has 0 saturated heterocycles. The first-order chi connectivity index (χ1) is 13.0. The molecular weight excluding hydrogens is 340 g/mol. The third kappa shape index (κ3) is 2.89. The number of hydrogen-bond donors (Lipinski definition) is 2. The van der Waals surface area contributed by atoms with Crippen molar-refractivity contribution in [1.82, 2.24) is 18.9 Å². The Morgan fingerprint density at radius 2 is 2.00 bits per heavy atom. The molecule has 0 aliphatic heterocycles. The Kier molecular flexibility index (Phi) is 3.58. The zero-order valence-electron chi connectivity index (χ0n) is 15.7. The standard InChI is InChI=1S/C20H26N6O/c1-24-10-14(9-23-24)8-16-12-26(19(22)20(6-7-20)15-4-5-15)17(21)18(27)25(16)11-13-2-3-13/h9-10,12-13,15,21-22H,2-8,11H2,1H3. The Balaban J connectivity index is 1.58. The van der Waals surface area contributed by atoms with E-state index in [1.807, 2.05) is 25.6 Å². The first-order valence-electron chi connectivity index (χ1n) is 9.95. The summed E-state index contributed by atoms with van der Waals surface area (Å²) in [6.45, 7) is 0.683. The van der Waals surface area contributed by atoms with Gasteiger partial charge in [-0.15, -0.1) is 0 Å². The van der Waals surface area contributed by atoms with Crippen molar-refractivity contribution in [1.29, 1.82) is 10.8 Å². The van der Waals surface area contributed by atoms with Crippen LogP contribution in [0.2, 0.25) is 0 Å². The highest BCUT2D eigenvalue weighted by Gasteiger charge is 2.57. The molecule has 3 aliphatic carbocycles. The van der Waals surface area contributed by atoms with Crippen molar-refractivity contribution in [3.05, 3.63) is 45.7 Å². The lowest BCUT2D eigenvalue weighted by Crippen LogP contribution is -2.47. The quantitative estimate of drug-likeness (QED) is 0.603. The van der Waals surface area contributed by atoms with Crippen molar-refractivity contribution in [2.45, 2.75) is 51.5 Å². The molecule has 27 heavy (non-hydrogen) atoms. The van der Waals surface area contributed by atoms with Crippen LogP contribution in [0.4, 0.5) is 0 Å². The van der Waals surface area contributed by atoms with E-state index in [-0.39, 0.29) is 16.5 Å². The van der Waals surface area contributed by atoms with Gasteiger partial charge in [-0.2, -0.15) is 5.10 Å². The van der Waals surface area contributed by atoms with Crippen LogP contribution in [-0.2, 0) is 20.0 Å². The fraction of sp³-hybridized carbons (Fsp3) is 0.600. The summed E-state index contributed by atoms with van der Waals surface area (Å²) >= 11 is 0. The predicted octanol–water partition coefficient (Wildman–Crippen LogP) is 1.88. The van der Waals surface area contributed by atoms with Gasteiger partial charge < -0.3 is 4.57 Å². The summed E-state index contributed by atoms with van der Waals surface area (Å²) in [5.74, 6) is 1.58. The van der Waals surface area contributed by atoms with E-state index in [1.165, 1.54) is 12.8 Å². The Hall–Kier alpha value is -2.44. The van der Waals surface area contributed by atoms with Crippen LogP contribution in [-0.4, -0.2) is 24.8 Å². The Labute approximate surface area is 157 Å². The van der Waals surface area contributed by atoms with Gasteiger partial charge in [-0.3, -0.25) is 24.9 Å². The first kappa shape index (κ1) is 16.7. The highest BCUT2D eigenvalue weighted by Crippen LogP contribution is 2.61. The monoisotopic (exact) mass is 366 g/mol. The molecule has 0 unspecified atom stereocenters. The molecule has 2 aromatic rings. The zero-order valence-corrected chi connectivity index (χ0v) is 15.7. The van der Waals surface area contributed by atoms with Crippen LogP contribution in [0.15, 0.2) is 23.4 Å². The number of nitrogens with zero attached hydrogens (tertiary/aromatic N) is 4. The molecule has 3 fully saturated rings. The van der Waals surface area contributed by atoms with Crippen LogP contribution >= 0.6 is 0 Å². The van der Waals surface area contributed by atoms with E-state index >= 15 is 0 Å². The van der Waals surface area contributed by atoms with Crippen LogP contribution in [0.5, 0.6) is 0 Å². The average Bonchev–Trinajstić information content (AvgIpc) is 3.51. The van der Waals surface area contributed by atoms with E-state index in [2.05, 4.69) is 5.10 Å². The van der Waals surface area contributed by atoms with Gasteiger partial charge in [-0.25, -0.2) is 0 Å². The van der Waals surface area contributed by atoms with Gasteiger partial charge >= 0.3 is 0 Å². The van der Waals surface area contributed by atoms with Gasteiger partial charge in [0, 0.05) is 43.5 Å². The van der Waals surface area contributed by atoms with Gasteiger partial charge in [0.2, 0.25) is 0 Å². The molecule has 5 rings (SSSR count). The average molecular weight is 366 g/mol. The lowest BCUT2D eigenvalue weighted by molar-refractivity contribution is 0.545. The summed E-state index contributed by atoms with van der Waals surface area (Å²) in [5, 5.41) is 21.5. The maximum absolute atomic E-state index is 13.0. The Bertz CT molecular complexity index is 1030. The topological polar surface area (TPSA) is 92.5 Å². The molecule has 0 spiro atoms. The fourth-order valence-electron chi connectivity index (χ4n) is 4.34. The second kappa shape index (κ2) is 5.78. The molecule has 3 aliphatic rings. The van der Waals surface area contributed by atoms with E-state index in [9.17, 15) is 4.79 Å². The van der Waals surface area contributed by atoms with Crippen LogP contribution < -0.4 is 11.0 Å². The third-order valence-corrected chi connectivity index (χ3v) is 6.45. The minimum Gasteiger partial charge on any atom is -0.307 e. The Morgan fingerprint density at radius 1 is 1.26 bits per heavy atom. The largest absolute Gasteiger partial charge is 0.307 e. The SMILES string of the molecule is Cn1cc(Cc2cn(C(=N)C3(C4CC4)CC3)c(=N)c(=O)n2CC2CC2)cn1. The molecular formula is C20H26N6O. The second-order valence-electron chi connectivity index (χ2n) is 8.68. The number of rotatable bonds is 6. The van der Waals surface area contributed by atoms with E-state index < -0.39 is 0 Å². The van der Waals surface area contributed by atoms with Crippen molar-refractivity contribution in [3.63, 3.8) is 0 Å². The van der Waals surface area contributed by atoms with Gasteiger partial charge in [0.1, 0.15) is 5.84 Å². The highest BCUT2D eigenvalue weighted by atomic mass is 16.1. The fourth-order valence-corrected chi connectivity index (χ4v) is 4.34. The highest BCUT2D eigenvalue weighted by molar-refractivity contribution is 5.90. The summed E-state index contributed by atoms with van der Waals surface area (Å²) < 4.78 is 5.11. The van der Waals surface area contributed by atoms with Gasteiger partial charge in [-0.05, 0) is 55.9 Å². The maximum Gasteiger partial charge on any atom is 0.293 e. The van der Waals surface area contributed by atoms with Crippen molar-refractivity contribution < 1.29 is 0 Å². The van der Waals surface area contributed by atoms with Crippen LogP contribution in [0.3, 0.4) is 0 Å². The van der Waals surface area contributed by atoms with E-state index in [1.54, 1.807) is 13.8 Å². The molecule has 3 saturated carbocycles. The van der Waals surface area contributed by atoms with Crippen molar-refractivity contribution in [3.8, 4) is 0 Å². The van der Waals surface area contributed by atoms with Gasteiger partial charge in [0.05, 0.1) is 6.20 Å². The van der Waals surface area contributed by atoms with Crippen LogP contribution in [0, 0.1) is 28.1 Å². The predicted molar refractivity (Wildman–Crippen MR) is 101 cm³/mol. The maximum atomic E-state index is 13.0. The lowest BCUT2D eigenvalue weighted by atomic mass is 9.98. The van der Waals surface area contributed by atoms with E-state index in [0.29, 0.717) is 30.6 Å². The van der Waals surface area contributed by atoms with Gasteiger partial charge in [-0.1, -0.05) is 0 Å². The minimum absolute atomic E-state index is 0.0671. The second-order valence-corrected chi connectivity index (χ2v) is 8.68. The molecule has 0 amide bonds. The Morgan fingerprint density at radius 3 is 2.56 bits per heavy atom. The smallest absolute Gasteiger partial charge is 0.293 e. The van der Waals surface area contributed by atoms with Crippen molar-refractivity contribution in [2.75, 3.05) is 0 Å². The third-order valence-electron chi connectivity index (χ3n) is 6.45. The van der Waals surface area contributed by atoms with Crippen LogP contribution in [0.25, 0.3) is 0 Å². The summed E-state index contributed by atoms with van der Waals surface area (Å²) in [6.07, 6.45) is 13.0. The van der Waals surface area contributed by atoms with Gasteiger partial charge in [0.25, 0.3) is 5.56 Å². The summed E-state index contributed by atoms with van der Waals surface area (Å²) in [5.41, 5.74) is 1.51. The number of aromatic nitrogens is 4.